The lowest BCUT2D eigenvalue weighted by Crippen LogP contribution is -2.52. The summed E-state index contributed by atoms with van der Waals surface area (Å²) in [6, 6.07) is 5.67. The first-order chi connectivity index (χ1) is 14.5. The molecule has 1 aliphatic heterocycles. The summed E-state index contributed by atoms with van der Waals surface area (Å²) in [7, 11) is 3.61. The second kappa shape index (κ2) is 8.38. The number of methoxy groups -OCH3 is 1. The summed E-state index contributed by atoms with van der Waals surface area (Å²) in [4.78, 5) is 25.4. The monoisotopic (exact) mass is 411 g/mol. The van der Waals surface area contributed by atoms with Gasteiger partial charge in [0.25, 0.3) is 0 Å². The van der Waals surface area contributed by atoms with E-state index < -0.39 is 5.97 Å². The van der Waals surface area contributed by atoms with E-state index in [1.807, 2.05) is 6.20 Å². The van der Waals surface area contributed by atoms with Gasteiger partial charge in [0.05, 0.1) is 30.2 Å². The van der Waals surface area contributed by atoms with Gasteiger partial charge >= 0.3 is 5.97 Å². The highest BCUT2D eigenvalue weighted by molar-refractivity contribution is 5.89. The Morgan fingerprint density at radius 2 is 2.10 bits per heavy atom. The smallest absolute Gasteiger partial charge is 0.335 e. The Hall–Kier alpha value is -3.03. The zero-order chi connectivity index (χ0) is 21.3. The molecule has 0 radical (unpaired) electrons. The molecule has 2 heterocycles. The van der Waals surface area contributed by atoms with Gasteiger partial charge in [0, 0.05) is 25.7 Å². The number of aromatic nitrogens is 2. The summed E-state index contributed by atoms with van der Waals surface area (Å²) >= 11 is 0. The molecule has 0 bridgehead atoms. The highest BCUT2D eigenvalue weighted by atomic mass is 16.5. The van der Waals surface area contributed by atoms with Crippen molar-refractivity contribution >= 4 is 29.1 Å². The van der Waals surface area contributed by atoms with E-state index in [0.29, 0.717) is 29.5 Å². The number of nitrogens with one attached hydrogen (secondary N) is 1. The molecule has 1 aromatic heterocycles. The number of likely N-dealkylation sites (N-methyl/N-ethyl adjacent to an activating group) is 1. The number of rotatable bonds is 6. The van der Waals surface area contributed by atoms with Gasteiger partial charge in [0.2, 0.25) is 5.95 Å². The quantitative estimate of drug-likeness (QED) is 0.740. The molecule has 0 spiro atoms. The number of nitrogens with zero attached hydrogens (tertiary/aromatic N) is 4. The normalized spacial score (nSPS) is 19.0. The summed E-state index contributed by atoms with van der Waals surface area (Å²) in [6.45, 7) is 3.21. The third-order valence-electron chi connectivity index (χ3n) is 6.17. The summed E-state index contributed by atoms with van der Waals surface area (Å²) in [5.41, 5.74) is 1.85. The lowest BCUT2D eigenvalue weighted by molar-refractivity contribution is 0.0696. The topological polar surface area (TPSA) is 90.8 Å². The zero-order valence-electron chi connectivity index (χ0n) is 17.8. The largest absolute Gasteiger partial charge is 0.495 e. The van der Waals surface area contributed by atoms with Crippen LogP contribution in [0.3, 0.4) is 0 Å². The number of hydrogen-bond acceptors (Lipinski definition) is 7. The fourth-order valence-electron chi connectivity index (χ4n) is 4.59. The molecule has 30 heavy (non-hydrogen) atoms. The van der Waals surface area contributed by atoms with Crippen LogP contribution in [0.1, 0.15) is 49.4 Å². The van der Waals surface area contributed by atoms with E-state index in [9.17, 15) is 9.90 Å². The standard InChI is InChI=1S/C22H29N5O3/c1-4-15-13-26(2)18-12-23-22(25-20(18)27(15)16-7-5-6-8-16)24-17-10-9-14(21(28)29)11-19(17)30-3/h9-12,15-16H,4-8,13H2,1-3H3,(H,28,29)(H,23,24,25). The van der Waals surface area contributed by atoms with Crippen LogP contribution in [0.5, 0.6) is 5.75 Å². The van der Waals surface area contributed by atoms with Crippen molar-refractivity contribution in [3.63, 3.8) is 0 Å². The van der Waals surface area contributed by atoms with Gasteiger partial charge in [-0.3, -0.25) is 0 Å². The molecule has 1 fully saturated rings. The fourth-order valence-corrected chi connectivity index (χ4v) is 4.59. The lowest BCUT2D eigenvalue weighted by atomic mass is 10.0. The molecule has 2 N–H and O–H groups in total. The van der Waals surface area contributed by atoms with Crippen molar-refractivity contribution in [3.05, 3.63) is 30.0 Å². The minimum absolute atomic E-state index is 0.170. The number of carboxylic acid groups (broad SMARTS) is 1. The van der Waals surface area contributed by atoms with Crippen molar-refractivity contribution in [3.8, 4) is 5.75 Å². The van der Waals surface area contributed by atoms with E-state index in [4.69, 9.17) is 9.72 Å². The molecular weight excluding hydrogens is 382 g/mol. The van der Waals surface area contributed by atoms with Crippen LogP contribution in [-0.2, 0) is 0 Å². The van der Waals surface area contributed by atoms with Crippen LogP contribution in [0.2, 0.25) is 0 Å². The molecule has 2 aliphatic rings. The van der Waals surface area contributed by atoms with E-state index in [2.05, 4.69) is 34.1 Å². The van der Waals surface area contributed by atoms with E-state index in [0.717, 1.165) is 24.5 Å². The summed E-state index contributed by atoms with van der Waals surface area (Å²) in [5, 5.41) is 12.4. The molecule has 0 saturated heterocycles. The van der Waals surface area contributed by atoms with Crippen LogP contribution >= 0.6 is 0 Å². The molecule has 8 heteroatoms. The minimum atomic E-state index is -0.995. The van der Waals surface area contributed by atoms with Gasteiger partial charge < -0.3 is 25.0 Å². The van der Waals surface area contributed by atoms with Crippen molar-refractivity contribution in [1.29, 1.82) is 0 Å². The first kappa shape index (κ1) is 20.3. The van der Waals surface area contributed by atoms with Crippen LogP contribution in [0, 0.1) is 0 Å². The Balaban J connectivity index is 1.69. The fraction of sp³-hybridized carbons (Fsp3) is 0.500. The van der Waals surface area contributed by atoms with Crippen LogP contribution in [0.25, 0.3) is 0 Å². The molecule has 1 atom stereocenters. The summed E-state index contributed by atoms with van der Waals surface area (Å²) < 4.78 is 5.37. The predicted octanol–water partition coefficient (Wildman–Crippen LogP) is 3.90. The minimum Gasteiger partial charge on any atom is -0.495 e. The van der Waals surface area contributed by atoms with Gasteiger partial charge in [-0.15, -0.1) is 0 Å². The number of fused-ring (bicyclic) bond motifs is 1. The maximum atomic E-state index is 11.2. The van der Waals surface area contributed by atoms with E-state index >= 15 is 0 Å². The number of anilines is 4. The number of hydrogen-bond donors (Lipinski definition) is 2. The average Bonchev–Trinajstić information content (AvgIpc) is 3.27. The molecule has 1 aromatic carbocycles. The number of benzene rings is 1. The maximum Gasteiger partial charge on any atom is 0.335 e. The van der Waals surface area contributed by atoms with Crippen molar-refractivity contribution in [2.24, 2.45) is 0 Å². The Kier molecular flexibility index (Phi) is 5.65. The van der Waals surface area contributed by atoms with E-state index in [1.54, 1.807) is 6.07 Å². The van der Waals surface area contributed by atoms with Crippen LogP contribution in [0.4, 0.5) is 23.1 Å². The molecule has 4 rings (SSSR count). The summed E-state index contributed by atoms with van der Waals surface area (Å²) in [5.74, 6) is 0.891. The number of carboxylic acids is 1. The van der Waals surface area contributed by atoms with Crippen molar-refractivity contribution in [2.45, 2.75) is 51.1 Å². The van der Waals surface area contributed by atoms with Gasteiger partial charge in [-0.1, -0.05) is 19.8 Å². The molecular formula is C22H29N5O3. The third-order valence-corrected chi connectivity index (χ3v) is 6.17. The third kappa shape index (κ3) is 3.74. The number of ether oxygens (including phenoxy) is 1. The molecule has 8 nitrogen and oxygen atoms in total. The van der Waals surface area contributed by atoms with Crippen molar-refractivity contribution in [2.75, 3.05) is 35.8 Å². The van der Waals surface area contributed by atoms with Gasteiger partial charge in [0.15, 0.2) is 5.82 Å². The molecule has 160 valence electrons. The molecule has 0 amide bonds. The Morgan fingerprint density at radius 1 is 1.33 bits per heavy atom. The highest BCUT2D eigenvalue weighted by Gasteiger charge is 2.36. The molecule has 2 aromatic rings. The Labute approximate surface area is 176 Å². The van der Waals surface area contributed by atoms with Crippen molar-refractivity contribution in [1.82, 2.24) is 9.97 Å². The van der Waals surface area contributed by atoms with Gasteiger partial charge in [-0.05, 0) is 37.5 Å². The first-order valence-electron chi connectivity index (χ1n) is 10.6. The average molecular weight is 412 g/mol. The predicted molar refractivity (Wildman–Crippen MR) is 117 cm³/mol. The lowest BCUT2D eigenvalue weighted by Gasteiger charge is -2.45. The van der Waals surface area contributed by atoms with Gasteiger partial charge in [-0.25, -0.2) is 9.78 Å². The van der Waals surface area contributed by atoms with Crippen molar-refractivity contribution < 1.29 is 14.6 Å². The molecule has 1 saturated carbocycles. The second-order valence-electron chi connectivity index (χ2n) is 8.04. The van der Waals surface area contributed by atoms with Crippen LogP contribution in [0.15, 0.2) is 24.4 Å². The van der Waals surface area contributed by atoms with Gasteiger partial charge in [0.1, 0.15) is 5.75 Å². The molecule has 1 aliphatic carbocycles. The SMILES string of the molecule is CCC1CN(C)c2cnc(Nc3ccc(C(=O)O)cc3OC)nc2N1C1CCCC1. The Bertz CT molecular complexity index is 929. The van der Waals surface area contributed by atoms with Crippen LogP contribution in [-0.4, -0.2) is 53.8 Å². The highest BCUT2D eigenvalue weighted by Crippen LogP contribution is 2.39. The number of aromatic carboxylic acids is 1. The van der Waals surface area contributed by atoms with Crippen LogP contribution < -0.4 is 19.9 Å². The first-order valence-corrected chi connectivity index (χ1v) is 10.6. The summed E-state index contributed by atoms with van der Waals surface area (Å²) in [6.07, 6.45) is 7.89. The maximum absolute atomic E-state index is 11.2. The Morgan fingerprint density at radius 3 is 2.77 bits per heavy atom. The van der Waals surface area contributed by atoms with E-state index in [-0.39, 0.29) is 5.56 Å². The molecule has 1 unspecified atom stereocenters. The van der Waals surface area contributed by atoms with E-state index in [1.165, 1.54) is 44.9 Å². The second-order valence-corrected chi connectivity index (χ2v) is 8.04. The number of carbonyl (C=O) groups is 1. The zero-order valence-corrected chi connectivity index (χ0v) is 17.8. The van der Waals surface area contributed by atoms with Gasteiger partial charge in [-0.2, -0.15) is 4.98 Å².